The zero-order chi connectivity index (χ0) is 9.97. The molecule has 0 spiro atoms. The molecule has 1 fully saturated rings. The molecule has 1 aliphatic rings. The predicted molar refractivity (Wildman–Crippen MR) is 59.8 cm³/mol. The normalized spacial score (nSPS) is 21.8. The molecule has 1 aromatic carbocycles. The summed E-state index contributed by atoms with van der Waals surface area (Å²) >= 11 is 3.44. The lowest BCUT2D eigenvalue weighted by atomic mass is 9.93. The number of hydrogen-bond acceptors (Lipinski definition) is 2. The van der Waals surface area contributed by atoms with Crippen molar-refractivity contribution in [3.8, 4) is 0 Å². The van der Waals surface area contributed by atoms with Gasteiger partial charge in [0.1, 0.15) is 0 Å². The third-order valence-electron chi connectivity index (χ3n) is 2.46. The van der Waals surface area contributed by atoms with Crippen molar-refractivity contribution in [1.82, 2.24) is 0 Å². The first kappa shape index (κ1) is 9.71. The maximum Gasteiger partial charge on any atom is 0.188 e. The van der Waals surface area contributed by atoms with Crippen molar-refractivity contribution < 1.29 is 4.74 Å². The van der Waals surface area contributed by atoms with Gasteiger partial charge in [-0.1, -0.05) is 28.1 Å². The molecule has 1 atom stereocenters. The fourth-order valence-electron chi connectivity index (χ4n) is 1.74. The molecule has 1 aliphatic heterocycles. The van der Waals surface area contributed by atoms with Crippen LogP contribution in [0.3, 0.4) is 0 Å². The van der Waals surface area contributed by atoms with Crippen LogP contribution >= 0.6 is 15.9 Å². The highest BCUT2D eigenvalue weighted by Gasteiger charge is 2.22. The second-order valence-electron chi connectivity index (χ2n) is 3.46. The molecule has 0 aromatic heterocycles. The minimum atomic E-state index is 0.154. The molecule has 1 aromatic rings. The van der Waals surface area contributed by atoms with Gasteiger partial charge in [-0.05, 0) is 30.5 Å². The Morgan fingerprint density at radius 3 is 3.00 bits per heavy atom. The van der Waals surface area contributed by atoms with Crippen molar-refractivity contribution >= 4 is 21.8 Å². The van der Waals surface area contributed by atoms with Crippen molar-refractivity contribution in [3.63, 3.8) is 0 Å². The summed E-state index contributed by atoms with van der Waals surface area (Å²) in [4.78, 5) is 0. The van der Waals surface area contributed by atoms with E-state index in [2.05, 4.69) is 28.1 Å². The molecule has 1 unspecified atom stereocenters. The van der Waals surface area contributed by atoms with Crippen molar-refractivity contribution in [1.29, 1.82) is 5.41 Å². The summed E-state index contributed by atoms with van der Waals surface area (Å²) in [6, 6.07) is 8.12. The monoisotopic (exact) mass is 253 g/mol. The predicted octanol–water partition coefficient (Wildman–Crippen LogP) is 3.32. The Bertz CT molecular complexity index is 351. The molecule has 2 rings (SSSR count). The number of hydrogen-bond donors (Lipinski definition) is 1. The van der Waals surface area contributed by atoms with Crippen LogP contribution in [-0.4, -0.2) is 12.5 Å². The van der Waals surface area contributed by atoms with Crippen LogP contribution in [0.2, 0.25) is 0 Å². The van der Waals surface area contributed by atoms with E-state index in [1.807, 2.05) is 12.1 Å². The highest BCUT2D eigenvalue weighted by molar-refractivity contribution is 9.10. The van der Waals surface area contributed by atoms with Crippen LogP contribution in [0.4, 0.5) is 0 Å². The minimum absolute atomic E-state index is 0.154. The Labute approximate surface area is 91.9 Å². The zero-order valence-electron chi connectivity index (χ0n) is 7.79. The molecule has 1 saturated heterocycles. The highest BCUT2D eigenvalue weighted by atomic mass is 79.9. The maximum absolute atomic E-state index is 7.72. The fourth-order valence-corrected chi connectivity index (χ4v) is 2.16. The first-order valence-electron chi connectivity index (χ1n) is 4.74. The average Bonchev–Trinajstić information content (AvgIpc) is 2.18. The van der Waals surface area contributed by atoms with Gasteiger partial charge in [0.2, 0.25) is 0 Å². The molecular formula is C11H12BrNO. The summed E-state index contributed by atoms with van der Waals surface area (Å²) in [6.45, 7) is 0.698. The van der Waals surface area contributed by atoms with E-state index in [0.717, 1.165) is 17.3 Å². The van der Waals surface area contributed by atoms with Crippen molar-refractivity contribution in [2.75, 3.05) is 6.61 Å². The van der Waals surface area contributed by atoms with Gasteiger partial charge in [-0.15, -0.1) is 0 Å². The van der Waals surface area contributed by atoms with E-state index in [9.17, 15) is 0 Å². The molecule has 1 N–H and O–H groups in total. The van der Waals surface area contributed by atoms with Gasteiger partial charge in [0.05, 0.1) is 12.5 Å². The minimum Gasteiger partial charge on any atom is -0.481 e. The quantitative estimate of drug-likeness (QED) is 0.819. The smallest absolute Gasteiger partial charge is 0.188 e. The van der Waals surface area contributed by atoms with E-state index >= 15 is 0 Å². The van der Waals surface area contributed by atoms with E-state index in [1.54, 1.807) is 0 Å². The number of rotatable bonds is 1. The van der Waals surface area contributed by atoms with Crippen LogP contribution in [0.25, 0.3) is 0 Å². The SMILES string of the molecule is N=C1OCCCC1c1cccc(Br)c1. The molecule has 0 saturated carbocycles. The van der Waals surface area contributed by atoms with Gasteiger partial charge in [0.25, 0.3) is 0 Å². The molecule has 3 heteroatoms. The van der Waals surface area contributed by atoms with Crippen molar-refractivity contribution in [3.05, 3.63) is 34.3 Å². The van der Waals surface area contributed by atoms with Gasteiger partial charge >= 0.3 is 0 Å². The Balaban J connectivity index is 2.24. The van der Waals surface area contributed by atoms with Crippen LogP contribution in [-0.2, 0) is 4.74 Å². The number of ether oxygens (including phenoxy) is 1. The van der Waals surface area contributed by atoms with Gasteiger partial charge in [-0.25, -0.2) is 0 Å². The molecule has 0 aliphatic carbocycles. The van der Waals surface area contributed by atoms with E-state index in [1.165, 1.54) is 5.56 Å². The number of benzene rings is 1. The molecule has 0 radical (unpaired) electrons. The summed E-state index contributed by atoms with van der Waals surface area (Å²) in [7, 11) is 0. The third kappa shape index (κ3) is 1.98. The summed E-state index contributed by atoms with van der Waals surface area (Å²) in [5.74, 6) is 0.565. The second-order valence-corrected chi connectivity index (χ2v) is 4.38. The molecule has 1 heterocycles. The van der Waals surface area contributed by atoms with Crippen LogP contribution in [0.1, 0.15) is 24.3 Å². The average molecular weight is 254 g/mol. The Kier molecular flexibility index (Phi) is 2.87. The van der Waals surface area contributed by atoms with E-state index in [4.69, 9.17) is 10.1 Å². The molecule has 74 valence electrons. The van der Waals surface area contributed by atoms with Crippen LogP contribution in [0, 0.1) is 5.41 Å². The van der Waals surface area contributed by atoms with Crippen LogP contribution in [0.15, 0.2) is 28.7 Å². The Hall–Kier alpha value is -0.830. The molecule has 14 heavy (non-hydrogen) atoms. The van der Waals surface area contributed by atoms with Gasteiger partial charge in [0.15, 0.2) is 5.90 Å². The molecular weight excluding hydrogens is 242 g/mol. The zero-order valence-corrected chi connectivity index (χ0v) is 9.38. The van der Waals surface area contributed by atoms with Crippen LogP contribution in [0.5, 0.6) is 0 Å². The number of halogens is 1. The lowest BCUT2D eigenvalue weighted by molar-refractivity contribution is 0.245. The van der Waals surface area contributed by atoms with E-state index in [-0.39, 0.29) is 5.92 Å². The fraction of sp³-hybridized carbons (Fsp3) is 0.364. The molecule has 2 nitrogen and oxygen atoms in total. The first-order valence-corrected chi connectivity index (χ1v) is 5.53. The second kappa shape index (κ2) is 4.13. The van der Waals surface area contributed by atoms with E-state index in [0.29, 0.717) is 12.5 Å². The van der Waals surface area contributed by atoms with Gasteiger partial charge in [0, 0.05) is 4.47 Å². The Morgan fingerprint density at radius 2 is 2.29 bits per heavy atom. The summed E-state index contributed by atoms with van der Waals surface area (Å²) in [6.07, 6.45) is 2.06. The summed E-state index contributed by atoms with van der Waals surface area (Å²) in [5.41, 5.74) is 1.17. The summed E-state index contributed by atoms with van der Waals surface area (Å²) < 4.78 is 6.32. The highest BCUT2D eigenvalue weighted by Crippen LogP contribution is 2.28. The molecule has 0 bridgehead atoms. The maximum atomic E-state index is 7.72. The van der Waals surface area contributed by atoms with E-state index < -0.39 is 0 Å². The first-order chi connectivity index (χ1) is 6.77. The summed E-state index contributed by atoms with van der Waals surface area (Å²) in [5, 5.41) is 7.72. The van der Waals surface area contributed by atoms with Gasteiger partial charge in [-0.2, -0.15) is 0 Å². The van der Waals surface area contributed by atoms with Crippen molar-refractivity contribution in [2.24, 2.45) is 0 Å². The number of nitrogens with one attached hydrogen (secondary N) is 1. The topological polar surface area (TPSA) is 33.1 Å². The molecule has 0 amide bonds. The Morgan fingerprint density at radius 1 is 1.43 bits per heavy atom. The van der Waals surface area contributed by atoms with Crippen molar-refractivity contribution in [2.45, 2.75) is 18.8 Å². The van der Waals surface area contributed by atoms with Gasteiger partial charge < -0.3 is 4.74 Å². The van der Waals surface area contributed by atoms with Gasteiger partial charge in [-0.3, -0.25) is 5.41 Å². The lowest BCUT2D eigenvalue weighted by Crippen LogP contribution is -2.21. The third-order valence-corrected chi connectivity index (χ3v) is 2.96. The van der Waals surface area contributed by atoms with Crippen LogP contribution < -0.4 is 0 Å². The standard InChI is InChI=1S/C11H12BrNO/c12-9-4-1-3-8(7-9)10-5-2-6-14-11(10)13/h1,3-4,7,10,13H,2,5-6H2. The largest absolute Gasteiger partial charge is 0.481 e. The lowest BCUT2D eigenvalue weighted by Gasteiger charge is -2.23.